The van der Waals surface area contributed by atoms with Crippen molar-refractivity contribution in [2.45, 2.75) is 76.9 Å². The standard InChI is InChI=1S/C26H31FN2O6/c1-15(2)33-26-20(14-23(30)35-26)29-24(31)19(12-16-6-3-4-7-16)28-25(32)22-11-10-21(34-22)17-8-5-9-18(27)13-17/h5,8-11,13,15-16,19-20,26H,3-4,6-7,12,14H2,1-2H3,(H,28,32)(H,29,31)/t19-,20-,26?/m0/s1. The van der Waals surface area contributed by atoms with Crippen LogP contribution in [0.1, 0.15) is 62.9 Å². The average Bonchev–Trinajstić information content (AvgIpc) is 3.55. The molecule has 4 rings (SSSR count). The monoisotopic (exact) mass is 486 g/mol. The van der Waals surface area contributed by atoms with Crippen LogP contribution in [0.3, 0.4) is 0 Å². The molecule has 2 fully saturated rings. The molecule has 0 spiro atoms. The van der Waals surface area contributed by atoms with E-state index in [-0.39, 0.29) is 18.3 Å². The molecule has 1 unspecified atom stereocenters. The maximum Gasteiger partial charge on any atom is 0.310 e. The molecule has 8 nitrogen and oxygen atoms in total. The Kier molecular flexibility index (Phi) is 7.85. The Labute approximate surface area is 203 Å². The number of ether oxygens (including phenoxy) is 2. The third kappa shape index (κ3) is 6.48. The SMILES string of the molecule is CC(C)OC1OC(=O)C[C@@H]1NC(=O)[C@H](CC1CCCC1)NC(=O)c1ccc(-c2cccc(F)c2)o1. The highest BCUT2D eigenvalue weighted by atomic mass is 19.1. The van der Waals surface area contributed by atoms with Crippen molar-refractivity contribution in [1.29, 1.82) is 0 Å². The van der Waals surface area contributed by atoms with Gasteiger partial charge in [0.15, 0.2) is 5.76 Å². The number of nitrogens with one attached hydrogen (secondary N) is 2. The normalized spacial score (nSPS) is 21.2. The molecule has 1 aliphatic carbocycles. The molecular formula is C26H31FN2O6. The van der Waals surface area contributed by atoms with Crippen LogP contribution in [-0.4, -0.2) is 42.3 Å². The number of esters is 1. The van der Waals surface area contributed by atoms with E-state index < -0.39 is 42.0 Å². The number of amides is 2. The van der Waals surface area contributed by atoms with Crippen LogP contribution in [0.2, 0.25) is 0 Å². The fraction of sp³-hybridized carbons (Fsp3) is 0.500. The number of cyclic esters (lactones) is 1. The molecule has 0 bridgehead atoms. The number of halogens is 1. The van der Waals surface area contributed by atoms with Crippen LogP contribution in [0.15, 0.2) is 40.8 Å². The van der Waals surface area contributed by atoms with Crippen molar-refractivity contribution < 1.29 is 32.7 Å². The van der Waals surface area contributed by atoms with Gasteiger partial charge in [0, 0.05) is 5.56 Å². The van der Waals surface area contributed by atoms with Gasteiger partial charge in [-0.15, -0.1) is 0 Å². The molecule has 1 saturated heterocycles. The Morgan fingerprint density at radius 1 is 1.17 bits per heavy atom. The first-order chi connectivity index (χ1) is 16.8. The summed E-state index contributed by atoms with van der Waals surface area (Å²) in [4.78, 5) is 38.0. The lowest BCUT2D eigenvalue weighted by Crippen LogP contribution is -2.52. The average molecular weight is 487 g/mol. The fourth-order valence-electron chi connectivity index (χ4n) is 4.63. The Morgan fingerprint density at radius 3 is 2.66 bits per heavy atom. The molecule has 2 heterocycles. The van der Waals surface area contributed by atoms with Gasteiger partial charge < -0.3 is 24.5 Å². The first-order valence-corrected chi connectivity index (χ1v) is 12.1. The summed E-state index contributed by atoms with van der Waals surface area (Å²) in [6.07, 6.45) is 3.60. The summed E-state index contributed by atoms with van der Waals surface area (Å²) in [5.74, 6) is -1.11. The van der Waals surface area contributed by atoms with E-state index in [9.17, 15) is 18.8 Å². The van der Waals surface area contributed by atoms with E-state index in [1.165, 1.54) is 18.2 Å². The van der Waals surface area contributed by atoms with Crippen LogP contribution >= 0.6 is 0 Å². The summed E-state index contributed by atoms with van der Waals surface area (Å²) < 4.78 is 30.0. The largest absolute Gasteiger partial charge is 0.451 e. The van der Waals surface area contributed by atoms with Crippen molar-refractivity contribution in [1.82, 2.24) is 10.6 Å². The Bertz CT molecular complexity index is 1060. The maximum atomic E-state index is 13.6. The zero-order valence-electron chi connectivity index (χ0n) is 19.9. The molecule has 35 heavy (non-hydrogen) atoms. The third-order valence-corrected chi connectivity index (χ3v) is 6.30. The quantitative estimate of drug-likeness (QED) is 0.520. The molecule has 2 N–H and O–H groups in total. The molecule has 1 aromatic carbocycles. The van der Waals surface area contributed by atoms with E-state index in [1.807, 2.05) is 13.8 Å². The van der Waals surface area contributed by atoms with Crippen LogP contribution in [0.5, 0.6) is 0 Å². The van der Waals surface area contributed by atoms with Gasteiger partial charge >= 0.3 is 5.97 Å². The summed E-state index contributed by atoms with van der Waals surface area (Å²) in [5, 5.41) is 5.63. The lowest BCUT2D eigenvalue weighted by Gasteiger charge is -2.25. The second-order valence-corrected chi connectivity index (χ2v) is 9.45. The summed E-state index contributed by atoms with van der Waals surface area (Å²) in [5.41, 5.74) is 0.506. The van der Waals surface area contributed by atoms with Gasteiger partial charge in [-0.3, -0.25) is 14.4 Å². The fourth-order valence-corrected chi connectivity index (χ4v) is 4.63. The summed E-state index contributed by atoms with van der Waals surface area (Å²) in [6, 6.07) is 7.51. The van der Waals surface area contributed by atoms with Gasteiger partial charge in [0.2, 0.25) is 12.2 Å². The zero-order valence-corrected chi connectivity index (χ0v) is 19.9. The highest BCUT2D eigenvalue weighted by Gasteiger charge is 2.39. The molecule has 0 radical (unpaired) electrons. The Morgan fingerprint density at radius 2 is 1.94 bits per heavy atom. The highest BCUT2D eigenvalue weighted by Crippen LogP contribution is 2.29. The highest BCUT2D eigenvalue weighted by molar-refractivity contribution is 5.96. The maximum absolute atomic E-state index is 13.6. The molecule has 1 aromatic heterocycles. The van der Waals surface area contributed by atoms with Crippen LogP contribution in [-0.2, 0) is 19.1 Å². The number of rotatable bonds is 9. The Hall–Kier alpha value is -3.20. The van der Waals surface area contributed by atoms with Crippen molar-refractivity contribution in [2.24, 2.45) is 5.92 Å². The van der Waals surface area contributed by atoms with Gasteiger partial charge in [-0.2, -0.15) is 0 Å². The summed E-state index contributed by atoms with van der Waals surface area (Å²) in [6.45, 7) is 3.63. The summed E-state index contributed by atoms with van der Waals surface area (Å²) in [7, 11) is 0. The predicted octanol–water partition coefficient (Wildman–Crippen LogP) is 3.95. The lowest BCUT2D eigenvalue weighted by molar-refractivity contribution is -0.173. The van der Waals surface area contributed by atoms with Crippen LogP contribution < -0.4 is 10.6 Å². The number of benzene rings is 1. The minimum atomic E-state index is -0.867. The van der Waals surface area contributed by atoms with Gasteiger partial charge in [0.05, 0.1) is 12.5 Å². The van der Waals surface area contributed by atoms with Crippen molar-refractivity contribution >= 4 is 17.8 Å². The molecule has 188 valence electrons. The lowest BCUT2D eigenvalue weighted by atomic mass is 9.97. The molecule has 1 saturated carbocycles. The number of hydrogen-bond acceptors (Lipinski definition) is 6. The van der Waals surface area contributed by atoms with E-state index in [0.29, 0.717) is 23.7 Å². The van der Waals surface area contributed by atoms with E-state index >= 15 is 0 Å². The minimum Gasteiger partial charge on any atom is -0.451 e. The molecule has 9 heteroatoms. The van der Waals surface area contributed by atoms with Crippen LogP contribution in [0.25, 0.3) is 11.3 Å². The molecule has 1 aliphatic heterocycles. The van der Waals surface area contributed by atoms with Crippen molar-refractivity contribution in [3.8, 4) is 11.3 Å². The smallest absolute Gasteiger partial charge is 0.310 e. The number of carbonyl (C=O) groups is 3. The first kappa shape index (κ1) is 24.9. The van der Waals surface area contributed by atoms with E-state index in [2.05, 4.69) is 10.6 Å². The van der Waals surface area contributed by atoms with Gasteiger partial charge in [0.1, 0.15) is 23.7 Å². The molecule has 2 amide bonds. The van der Waals surface area contributed by atoms with Crippen molar-refractivity contribution in [3.05, 3.63) is 48.0 Å². The van der Waals surface area contributed by atoms with E-state index in [0.717, 1.165) is 25.7 Å². The van der Waals surface area contributed by atoms with Gasteiger partial charge in [-0.1, -0.05) is 37.8 Å². The van der Waals surface area contributed by atoms with Gasteiger partial charge in [-0.05, 0) is 50.5 Å². The second-order valence-electron chi connectivity index (χ2n) is 9.45. The van der Waals surface area contributed by atoms with Crippen LogP contribution in [0, 0.1) is 11.7 Å². The number of carbonyl (C=O) groups excluding carboxylic acids is 3. The van der Waals surface area contributed by atoms with Crippen molar-refractivity contribution in [2.75, 3.05) is 0 Å². The zero-order chi connectivity index (χ0) is 24.9. The van der Waals surface area contributed by atoms with Crippen LogP contribution in [0.4, 0.5) is 4.39 Å². The van der Waals surface area contributed by atoms with Gasteiger partial charge in [0.25, 0.3) is 5.91 Å². The predicted molar refractivity (Wildman–Crippen MR) is 125 cm³/mol. The molecular weight excluding hydrogens is 455 g/mol. The molecule has 2 aliphatic rings. The summed E-state index contributed by atoms with van der Waals surface area (Å²) >= 11 is 0. The topological polar surface area (TPSA) is 107 Å². The molecule has 3 atom stereocenters. The minimum absolute atomic E-state index is 0.00238. The second kappa shape index (κ2) is 11.0. The Balaban J connectivity index is 1.46. The van der Waals surface area contributed by atoms with E-state index in [1.54, 1.807) is 18.2 Å². The first-order valence-electron chi connectivity index (χ1n) is 12.1. The molecule has 2 aromatic rings. The number of hydrogen-bond donors (Lipinski definition) is 2. The third-order valence-electron chi connectivity index (χ3n) is 6.30. The van der Waals surface area contributed by atoms with E-state index in [4.69, 9.17) is 13.9 Å². The van der Waals surface area contributed by atoms with Gasteiger partial charge in [-0.25, -0.2) is 4.39 Å². The van der Waals surface area contributed by atoms with Crippen molar-refractivity contribution in [3.63, 3.8) is 0 Å². The number of furan rings is 1.